The fraction of sp³-hybridized carbons (Fsp3) is 0.261. The summed E-state index contributed by atoms with van der Waals surface area (Å²) >= 11 is 0. The van der Waals surface area contributed by atoms with E-state index in [2.05, 4.69) is 28.3 Å². The highest BCUT2D eigenvalue weighted by atomic mass is 16.2. The van der Waals surface area contributed by atoms with Crippen LogP contribution in [0.2, 0.25) is 0 Å². The number of hydrogen-bond acceptors (Lipinski definition) is 4. The lowest BCUT2D eigenvalue weighted by Crippen LogP contribution is -2.27. The van der Waals surface area contributed by atoms with Crippen LogP contribution in [-0.2, 0) is 0 Å². The average molecular weight is 374 g/mol. The molecule has 144 valence electrons. The molecule has 28 heavy (non-hydrogen) atoms. The second kappa shape index (κ2) is 9.13. The molecule has 0 aliphatic heterocycles. The molecule has 0 atom stereocenters. The Bertz CT molecular complexity index is 937. The van der Waals surface area contributed by atoms with Gasteiger partial charge in [-0.25, -0.2) is 9.97 Å². The van der Waals surface area contributed by atoms with E-state index in [-0.39, 0.29) is 5.91 Å². The molecule has 0 bridgehead atoms. The van der Waals surface area contributed by atoms with E-state index >= 15 is 0 Å². The predicted molar refractivity (Wildman–Crippen MR) is 114 cm³/mol. The third-order valence-corrected chi connectivity index (χ3v) is 4.53. The zero-order valence-corrected chi connectivity index (χ0v) is 16.6. The van der Waals surface area contributed by atoms with Crippen molar-refractivity contribution in [2.24, 2.45) is 0 Å². The highest BCUT2D eigenvalue weighted by Crippen LogP contribution is 2.20. The maximum absolute atomic E-state index is 12.4. The number of aromatic nitrogens is 2. The fourth-order valence-corrected chi connectivity index (χ4v) is 2.91. The van der Waals surface area contributed by atoms with Gasteiger partial charge >= 0.3 is 0 Å². The Morgan fingerprint density at radius 1 is 1.11 bits per heavy atom. The molecule has 0 spiro atoms. The van der Waals surface area contributed by atoms with Gasteiger partial charge in [0.2, 0.25) is 0 Å². The van der Waals surface area contributed by atoms with Crippen LogP contribution in [-0.4, -0.2) is 34.4 Å². The van der Waals surface area contributed by atoms with E-state index in [1.54, 1.807) is 11.1 Å². The first kappa shape index (κ1) is 19.5. The summed E-state index contributed by atoms with van der Waals surface area (Å²) in [6.07, 6.45) is 3.83. The number of nitrogens with one attached hydrogen (secondary N) is 1. The molecule has 0 aliphatic carbocycles. The molecular formula is C23H26N4O. The summed E-state index contributed by atoms with van der Waals surface area (Å²) < 4.78 is 0. The number of unbranched alkanes of at least 4 members (excludes halogenated alkanes) is 1. The monoisotopic (exact) mass is 374 g/mol. The van der Waals surface area contributed by atoms with Crippen LogP contribution in [0.1, 0.15) is 35.7 Å². The van der Waals surface area contributed by atoms with E-state index in [1.165, 1.54) is 5.56 Å². The van der Waals surface area contributed by atoms with Gasteiger partial charge in [-0.15, -0.1) is 0 Å². The van der Waals surface area contributed by atoms with Crippen molar-refractivity contribution in [2.45, 2.75) is 26.7 Å². The maximum atomic E-state index is 12.4. The van der Waals surface area contributed by atoms with E-state index in [0.717, 1.165) is 30.6 Å². The second-order valence-electron chi connectivity index (χ2n) is 6.92. The molecule has 3 aromatic rings. The van der Waals surface area contributed by atoms with Crippen LogP contribution in [0.25, 0.3) is 11.4 Å². The summed E-state index contributed by atoms with van der Waals surface area (Å²) in [7, 11) is 1.85. The lowest BCUT2D eigenvalue weighted by Gasteiger charge is -2.17. The topological polar surface area (TPSA) is 58.1 Å². The number of amides is 1. The molecule has 1 N–H and O–H groups in total. The number of carbonyl (C=O) groups is 1. The summed E-state index contributed by atoms with van der Waals surface area (Å²) in [5, 5.41) is 3.28. The van der Waals surface area contributed by atoms with Crippen molar-refractivity contribution in [3.63, 3.8) is 0 Å². The molecule has 0 saturated heterocycles. The zero-order valence-electron chi connectivity index (χ0n) is 16.6. The minimum atomic E-state index is 0.0452. The van der Waals surface area contributed by atoms with Gasteiger partial charge in [-0.1, -0.05) is 37.1 Å². The van der Waals surface area contributed by atoms with E-state index in [4.69, 9.17) is 0 Å². The van der Waals surface area contributed by atoms with Gasteiger partial charge in [0.05, 0.1) is 0 Å². The first-order chi connectivity index (χ1) is 13.6. The molecule has 1 aromatic heterocycles. The van der Waals surface area contributed by atoms with Crippen LogP contribution in [0.15, 0.2) is 60.8 Å². The van der Waals surface area contributed by atoms with Gasteiger partial charge in [0.15, 0.2) is 5.82 Å². The van der Waals surface area contributed by atoms with Gasteiger partial charge in [-0.3, -0.25) is 4.79 Å². The molecule has 2 aromatic carbocycles. The van der Waals surface area contributed by atoms with Crippen molar-refractivity contribution in [1.29, 1.82) is 0 Å². The average Bonchev–Trinajstić information content (AvgIpc) is 2.72. The van der Waals surface area contributed by atoms with Crippen molar-refractivity contribution in [2.75, 3.05) is 18.9 Å². The molecule has 1 amide bonds. The number of rotatable bonds is 7. The molecule has 1 heterocycles. The van der Waals surface area contributed by atoms with Crippen molar-refractivity contribution in [3.05, 3.63) is 71.9 Å². The summed E-state index contributed by atoms with van der Waals surface area (Å²) in [5.41, 5.74) is 3.72. The molecule has 0 radical (unpaired) electrons. The van der Waals surface area contributed by atoms with Crippen LogP contribution in [0.4, 0.5) is 11.5 Å². The van der Waals surface area contributed by atoms with Gasteiger partial charge in [0.1, 0.15) is 5.82 Å². The van der Waals surface area contributed by atoms with Crippen LogP contribution in [0, 0.1) is 6.92 Å². The number of anilines is 2. The van der Waals surface area contributed by atoms with E-state index in [1.807, 2.05) is 62.5 Å². The number of carbonyl (C=O) groups excluding carboxylic acids is 1. The standard InChI is InChI=1S/C23H26N4O/c1-4-5-15-27(3)23(28)18-9-11-20(12-10-18)25-21-13-14-24-22(26-21)19-8-6-7-17(2)16-19/h6-14,16H,4-5,15H2,1-3H3,(H,24,25,26). The molecule has 3 rings (SSSR count). The van der Waals surface area contributed by atoms with Crippen LogP contribution < -0.4 is 5.32 Å². The summed E-state index contributed by atoms with van der Waals surface area (Å²) in [4.78, 5) is 23.2. The largest absolute Gasteiger partial charge is 0.342 e. The molecule has 0 fully saturated rings. The van der Waals surface area contributed by atoms with Crippen molar-refractivity contribution < 1.29 is 4.79 Å². The van der Waals surface area contributed by atoms with Crippen LogP contribution in [0.5, 0.6) is 0 Å². The quantitative estimate of drug-likeness (QED) is 0.627. The van der Waals surface area contributed by atoms with E-state index in [9.17, 15) is 4.79 Å². The molecule has 0 unspecified atom stereocenters. The maximum Gasteiger partial charge on any atom is 0.253 e. The molecule has 0 aliphatic rings. The smallest absolute Gasteiger partial charge is 0.253 e. The highest BCUT2D eigenvalue weighted by Gasteiger charge is 2.11. The molecule has 5 nitrogen and oxygen atoms in total. The first-order valence-corrected chi connectivity index (χ1v) is 9.59. The third-order valence-electron chi connectivity index (χ3n) is 4.53. The Hall–Kier alpha value is -3.21. The number of hydrogen-bond donors (Lipinski definition) is 1. The Kier molecular flexibility index (Phi) is 6.37. The fourth-order valence-electron chi connectivity index (χ4n) is 2.91. The van der Waals surface area contributed by atoms with Gasteiger partial charge in [-0.2, -0.15) is 0 Å². The lowest BCUT2D eigenvalue weighted by molar-refractivity contribution is 0.0793. The minimum absolute atomic E-state index is 0.0452. The van der Waals surface area contributed by atoms with Crippen molar-refractivity contribution >= 4 is 17.4 Å². The third kappa shape index (κ3) is 4.94. The van der Waals surface area contributed by atoms with E-state index in [0.29, 0.717) is 17.2 Å². The van der Waals surface area contributed by atoms with Crippen molar-refractivity contribution in [3.8, 4) is 11.4 Å². The van der Waals surface area contributed by atoms with Crippen LogP contribution >= 0.6 is 0 Å². The second-order valence-corrected chi connectivity index (χ2v) is 6.92. The zero-order chi connectivity index (χ0) is 19.9. The number of aryl methyl sites for hydroxylation is 1. The molecular weight excluding hydrogens is 348 g/mol. The Morgan fingerprint density at radius 2 is 1.89 bits per heavy atom. The van der Waals surface area contributed by atoms with Gasteiger partial charge < -0.3 is 10.2 Å². The van der Waals surface area contributed by atoms with Gasteiger partial charge in [0, 0.05) is 36.6 Å². The molecule has 5 heteroatoms. The normalized spacial score (nSPS) is 10.5. The Morgan fingerprint density at radius 3 is 2.61 bits per heavy atom. The van der Waals surface area contributed by atoms with Crippen molar-refractivity contribution in [1.82, 2.24) is 14.9 Å². The molecule has 0 saturated carbocycles. The van der Waals surface area contributed by atoms with Gasteiger partial charge in [-0.05, 0) is 49.7 Å². The van der Waals surface area contributed by atoms with Gasteiger partial charge in [0.25, 0.3) is 5.91 Å². The summed E-state index contributed by atoms with van der Waals surface area (Å²) in [6.45, 7) is 4.95. The highest BCUT2D eigenvalue weighted by molar-refractivity contribution is 5.94. The SMILES string of the molecule is CCCCN(C)C(=O)c1ccc(Nc2ccnc(-c3cccc(C)c3)n2)cc1. The number of nitrogens with zero attached hydrogens (tertiary/aromatic N) is 3. The minimum Gasteiger partial charge on any atom is -0.342 e. The van der Waals surface area contributed by atoms with E-state index < -0.39 is 0 Å². The van der Waals surface area contributed by atoms with Crippen LogP contribution in [0.3, 0.4) is 0 Å². The first-order valence-electron chi connectivity index (χ1n) is 9.59. The lowest BCUT2D eigenvalue weighted by atomic mass is 10.1. The Labute approximate surface area is 166 Å². The number of benzene rings is 2. The Balaban J connectivity index is 1.71. The summed E-state index contributed by atoms with van der Waals surface area (Å²) in [6, 6.07) is 17.4. The summed E-state index contributed by atoms with van der Waals surface area (Å²) in [5.74, 6) is 1.44. The predicted octanol–water partition coefficient (Wildman–Crippen LogP) is 5.07.